The number of nitriles is 1. The Morgan fingerprint density at radius 3 is 2.64 bits per heavy atom. The maximum absolute atomic E-state index is 11.7. The van der Waals surface area contributed by atoms with E-state index in [1.165, 1.54) is 0 Å². The monoisotopic (exact) mass is 440 g/mol. The lowest BCUT2D eigenvalue weighted by Crippen LogP contribution is -2.36. The molecule has 0 radical (unpaired) electrons. The van der Waals surface area contributed by atoms with Gasteiger partial charge in [0.25, 0.3) is 0 Å². The Morgan fingerprint density at radius 2 is 2.04 bits per heavy atom. The van der Waals surface area contributed by atoms with E-state index in [-0.39, 0.29) is 17.7 Å². The van der Waals surface area contributed by atoms with Crippen LogP contribution in [0.25, 0.3) is 0 Å². The van der Waals surface area contributed by atoms with Crippen LogP contribution in [0.15, 0.2) is 18.2 Å². The number of nitrogens with zero attached hydrogens (tertiary/aromatic N) is 2. The molecule has 0 aliphatic carbocycles. The number of anilines is 1. The smallest absolute Gasteiger partial charge is 0.346 e. The summed E-state index contributed by atoms with van der Waals surface area (Å²) in [6, 6.07) is 7.03. The van der Waals surface area contributed by atoms with Gasteiger partial charge in [0.2, 0.25) is 0 Å². The Hall–Kier alpha value is -1.82. The van der Waals surface area contributed by atoms with Crippen molar-refractivity contribution in [3.63, 3.8) is 0 Å². The van der Waals surface area contributed by atoms with Gasteiger partial charge in [0.1, 0.15) is 15.9 Å². The number of carboxylic acids is 1. The van der Waals surface area contributed by atoms with Gasteiger partial charge in [-0.2, -0.15) is 5.26 Å². The van der Waals surface area contributed by atoms with E-state index in [2.05, 4.69) is 6.07 Å². The van der Waals surface area contributed by atoms with Gasteiger partial charge in [-0.05, 0) is 36.1 Å². The van der Waals surface area contributed by atoms with Crippen LogP contribution in [-0.2, 0) is 11.2 Å². The largest absolute Gasteiger partial charge is 0.477 e. The first-order valence-corrected chi connectivity index (χ1v) is 10.2. The van der Waals surface area contributed by atoms with Crippen molar-refractivity contribution in [2.75, 3.05) is 31.2 Å². The molecule has 1 atom stereocenters. The molecule has 1 aromatic heterocycles. The molecule has 0 spiro atoms. The number of aromatic carboxylic acids is 1. The van der Waals surface area contributed by atoms with Crippen molar-refractivity contribution in [3.8, 4) is 6.07 Å². The summed E-state index contributed by atoms with van der Waals surface area (Å²) in [7, 11) is 0. The van der Waals surface area contributed by atoms with Crippen molar-refractivity contribution in [1.82, 2.24) is 0 Å². The van der Waals surface area contributed by atoms with Crippen LogP contribution in [0.5, 0.6) is 0 Å². The van der Waals surface area contributed by atoms with Crippen LogP contribution in [0, 0.1) is 11.3 Å². The summed E-state index contributed by atoms with van der Waals surface area (Å²) in [6.45, 7) is 2.30. The Bertz CT molecular complexity index is 919. The number of ether oxygens (including phenoxy) is 1. The second kappa shape index (κ2) is 9.12. The minimum atomic E-state index is -1.07. The lowest BCUT2D eigenvalue weighted by molar-refractivity contribution is 0.0700. The summed E-state index contributed by atoms with van der Waals surface area (Å²) in [4.78, 5) is 13.9. The molecule has 3 rings (SSSR count). The van der Waals surface area contributed by atoms with Gasteiger partial charge in [0.15, 0.2) is 0 Å². The molecule has 0 amide bonds. The zero-order valence-electron chi connectivity index (χ0n) is 14.8. The standard InChI is InChI=1S/C19H18Cl2N2O4S/c20-14-3-1-11(9-15(14)21)16(24)4-2-12-13(10-22)18(28-17(12)19(25)26)23-5-7-27-8-6-23/h1,3,9,16,24H,2,4-8H2,(H,25,26). The highest BCUT2D eigenvalue weighted by atomic mass is 35.5. The van der Waals surface area contributed by atoms with E-state index in [9.17, 15) is 20.3 Å². The van der Waals surface area contributed by atoms with Gasteiger partial charge < -0.3 is 19.8 Å². The lowest BCUT2D eigenvalue weighted by atomic mass is 9.99. The van der Waals surface area contributed by atoms with Gasteiger partial charge in [-0.1, -0.05) is 29.3 Å². The van der Waals surface area contributed by atoms with Crippen molar-refractivity contribution < 1.29 is 19.7 Å². The second-order valence-electron chi connectivity index (χ2n) is 6.33. The summed E-state index contributed by atoms with van der Waals surface area (Å²) >= 11 is 13.0. The van der Waals surface area contributed by atoms with Gasteiger partial charge in [-0.3, -0.25) is 0 Å². The minimum Gasteiger partial charge on any atom is -0.477 e. The molecule has 2 N–H and O–H groups in total. The molecule has 9 heteroatoms. The van der Waals surface area contributed by atoms with Crippen molar-refractivity contribution in [3.05, 3.63) is 49.8 Å². The third-order valence-electron chi connectivity index (χ3n) is 4.59. The number of carbonyl (C=O) groups is 1. The van der Waals surface area contributed by atoms with Crippen molar-refractivity contribution in [2.24, 2.45) is 0 Å². The fraction of sp³-hybridized carbons (Fsp3) is 0.368. The fourth-order valence-corrected chi connectivity index (χ4v) is 4.63. The maximum Gasteiger partial charge on any atom is 0.346 e. The Labute approximate surface area is 176 Å². The first-order valence-electron chi connectivity index (χ1n) is 8.67. The first-order chi connectivity index (χ1) is 13.4. The van der Waals surface area contributed by atoms with E-state index >= 15 is 0 Å². The molecule has 0 saturated carbocycles. The molecule has 1 aliphatic rings. The Balaban J connectivity index is 1.85. The van der Waals surface area contributed by atoms with Crippen LogP contribution in [0.1, 0.15) is 38.9 Å². The average Bonchev–Trinajstić information content (AvgIpc) is 3.07. The molecule has 1 saturated heterocycles. The normalized spacial score (nSPS) is 15.3. The van der Waals surface area contributed by atoms with E-state index < -0.39 is 12.1 Å². The Kier molecular flexibility index (Phi) is 6.81. The average molecular weight is 441 g/mol. The van der Waals surface area contributed by atoms with E-state index in [4.69, 9.17) is 27.9 Å². The highest BCUT2D eigenvalue weighted by Crippen LogP contribution is 2.38. The Morgan fingerprint density at radius 1 is 1.32 bits per heavy atom. The molecule has 6 nitrogen and oxygen atoms in total. The first kappa shape index (κ1) is 20.9. The number of thiophene rings is 1. The van der Waals surface area contributed by atoms with E-state index in [1.54, 1.807) is 18.2 Å². The van der Waals surface area contributed by atoms with Gasteiger partial charge in [-0.15, -0.1) is 11.3 Å². The minimum absolute atomic E-state index is 0.138. The van der Waals surface area contributed by atoms with Crippen LogP contribution in [0.2, 0.25) is 10.0 Å². The predicted molar refractivity (Wildman–Crippen MR) is 109 cm³/mol. The number of benzene rings is 1. The van der Waals surface area contributed by atoms with Crippen LogP contribution in [0.3, 0.4) is 0 Å². The molecule has 1 aromatic carbocycles. The summed E-state index contributed by atoms with van der Waals surface area (Å²) in [6.07, 6.45) is -0.339. The molecule has 2 aromatic rings. The third-order valence-corrected chi connectivity index (χ3v) is 6.61. The van der Waals surface area contributed by atoms with Crippen LogP contribution in [-0.4, -0.2) is 42.5 Å². The fourth-order valence-electron chi connectivity index (χ4n) is 3.13. The topological polar surface area (TPSA) is 93.8 Å². The molecular formula is C19H18Cl2N2O4S. The zero-order chi connectivity index (χ0) is 20.3. The number of hydrogen-bond acceptors (Lipinski definition) is 6. The lowest BCUT2D eigenvalue weighted by Gasteiger charge is -2.27. The molecule has 28 heavy (non-hydrogen) atoms. The number of halogens is 2. The summed E-state index contributed by atoms with van der Waals surface area (Å²) in [5.41, 5.74) is 1.42. The molecule has 1 fully saturated rings. The highest BCUT2D eigenvalue weighted by Gasteiger charge is 2.27. The van der Waals surface area contributed by atoms with Crippen LogP contribution in [0.4, 0.5) is 5.00 Å². The highest BCUT2D eigenvalue weighted by molar-refractivity contribution is 7.18. The number of hydrogen-bond donors (Lipinski definition) is 2. The van der Waals surface area contributed by atoms with Crippen molar-refractivity contribution >= 4 is 45.5 Å². The number of morpholine rings is 1. The van der Waals surface area contributed by atoms with E-state index in [1.807, 2.05) is 4.90 Å². The molecular weight excluding hydrogens is 423 g/mol. The quantitative estimate of drug-likeness (QED) is 0.700. The third kappa shape index (κ3) is 4.43. The summed E-state index contributed by atoms with van der Waals surface area (Å²) < 4.78 is 5.34. The number of carboxylic acid groups (broad SMARTS) is 1. The number of aliphatic hydroxyl groups excluding tert-OH is 1. The van der Waals surface area contributed by atoms with Gasteiger partial charge in [0, 0.05) is 13.1 Å². The molecule has 1 unspecified atom stereocenters. The van der Waals surface area contributed by atoms with Crippen molar-refractivity contribution in [2.45, 2.75) is 18.9 Å². The van der Waals surface area contributed by atoms with Gasteiger partial charge in [-0.25, -0.2) is 4.79 Å². The molecule has 0 bridgehead atoms. The number of aliphatic hydroxyl groups is 1. The van der Waals surface area contributed by atoms with E-state index in [0.29, 0.717) is 58.0 Å². The molecule has 2 heterocycles. The molecule has 1 aliphatic heterocycles. The van der Waals surface area contributed by atoms with Crippen LogP contribution >= 0.6 is 34.5 Å². The number of rotatable bonds is 6. The summed E-state index contributed by atoms with van der Waals surface area (Å²) in [5, 5.41) is 31.2. The second-order valence-corrected chi connectivity index (χ2v) is 8.15. The predicted octanol–water partition coefficient (Wildman–Crippen LogP) is 4.13. The summed E-state index contributed by atoms with van der Waals surface area (Å²) in [5.74, 6) is -1.07. The SMILES string of the molecule is N#Cc1c(N2CCOCC2)sc(C(=O)O)c1CCC(O)c1ccc(Cl)c(Cl)c1. The zero-order valence-corrected chi connectivity index (χ0v) is 17.1. The van der Waals surface area contributed by atoms with Crippen LogP contribution < -0.4 is 4.90 Å². The maximum atomic E-state index is 11.7. The van der Waals surface area contributed by atoms with E-state index in [0.717, 1.165) is 11.3 Å². The van der Waals surface area contributed by atoms with Crippen molar-refractivity contribution in [1.29, 1.82) is 5.26 Å². The van der Waals surface area contributed by atoms with Gasteiger partial charge in [0.05, 0.1) is 34.9 Å². The molecule has 148 valence electrons. The van der Waals surface area contributed by atoms with Gasteiger partial charge >= 0.3 is 5.97 Å².